The summed E-state index contributed by atoms with van der Waals surface area (Å²) >= 11 is 1.97. The van der Waals surface area contributed by atoms with E-state index in [1.54, 1.807) is 0 Å². The van der Waals surface area contributed by atoms with Gasteiger partial charge in [-0.2, -0.15) is 11.8 Å². The molecule has 0 aromatic heterocycles. The van der Waals surface area contributed by atoms with E-state index in [1.165, 1.54) is 50.8 Å². The van der Waals surface area contributed by atoms with Crippen molar-refractivity contribution in [1.82, 2.24) is 10.2 Å². The molecular weight excluding hydrogens is 264 g/mol. The topological polar surface area (TPSA) is 15.3 Å². The van der Waals surface area contributed by atoms with Crippen LogP contribution in [0.3, 0.4) is 0 Å². The molecule has 1 fully saturated rings. The summed E-state index contributed by atoms with van der Waals surface area (Å²) in [6.45, 7) is 5.98. The molecule has 4 atom stereocenters. The fraction of sp³-hybridized carbons (Fsp3) is 1.00. The first-order valence-corrected chi connectivity index (χ1v) is 9.88. The quantitative estimate of drug-likeness (QED) is 0.696. The van der Waals surface area contributed by atoms with Crippen molar-refractivity contribution in [2.24, 2.45) is 11.8 Å². The highest BCUT2D eigenvalue weighted by molar-refractivity contribution is 7.98. The van der Waals surface area contributed by atoms with Crippen molar-refractivity contribution < 1.29 is 0 Å². The van der Waals surface area contributed by atoms with Gasteiger partial charge in [0.15, 0.2) is 0 Å². The highest BCUT2D eigenvalue weighted by Gasteiger charge is 2.30. The molecular formula is C17H36N2S. The smallest absolute Gasteiger partial charge is 0.0105 e. The van der Waals surface area contributed by atoms with Gasteiger partial charge in [0.2, 0.25) is 0 Å². The zero-order chi connectivity index (χ0) is 15.0. The van der Waals surface area contributed by atoms with Crippen LogP contribution in [-0.2, 0) is 0 Å². The lowest BCUT2D eigenvalue weighted by Crippen LogP contribution is -2.45. The lowest BCUT2D eigenvalue weighted by molar-refractivity contribution is 0.133. The Kier molecular flexibility index (Phi) is 9.23. The molecule has 20 heavy (non-hydrogen) atoms. The summed E-state index contributed by atoms with van der Waals surface area (Å²) in [5.41, 5.74) is 0. The van der Waals surface area contributed by atoms with Crippen LogP contribution in [0.25, 0.3) is 0 Å². The molecule has 0 saturated heterocycles. The SMILES string of the molecule is CCCC1CCC(NC)C(CN(C)C(C)CCSC)C1. The van der Waals surface area contributed by atoms with Crippen molar-refractivity contribution >= 4 is 11.8 Å². The highest BCUT2D eigenvalue weighted by atomic mass is 32.2. The predicted molar refractivity (Wildman–Crippen MR) is 93.7 cm³/mol. The van der Waals surface area contributed by atoms with Crippen molar-refractivity contribution in [1.29, 1.82) is 0 Å². The Morgan fingerprint density at radius 3 is 2.70 bits per heavy atom. The summed E-state index contributed by atoms with van der Waals surface area (Å²) in [7, 11) is 4.47. The Morgan fingerprint density at radius 1 is 1.35 bits per heavy atom. The minimum Gasteiger partial charge on any atom is -0.317 e. The zero-order valence-corrected chi connectivity index (χ0v) is 15.1. The summed E-state index contributed by atoms with van der Waals surface area (Å²) in [5.74, 6) is 3.10. The Bertz CT molecular complexity index is 247. The van der Waals surface area contributed by atoms with Crippen LogP contribution in [0.1, 0.15) is 52.4 Å². The summed E-state index contributed by atoms with van der Waals surface area (Å²) in [6.07, 6.45) is 10.5. The van der Waals surface area contributed by atoms with Gasteiger partial charge in [0.05, 0.1) is 0 Å². The van der Waals surface area contributed by atoms with Crippen molar-refractivity contribution in [2.45, 2.75) is 64.5 Å². The van der Waals surface area contributed by atoms with E-state index < -0.39 is 0 Å². The zero-order valence-electron chi connectivity index (χ0n) is 14.3. The monoisotopic (exact) mass is 300 g/mol. The number of hydrogen-bond acceptors (Lipinski definition) is 3. The van der Waals surface area contributed by atoms with Gasteiger partial charge in [-0.15, -0.1) is 0 Å². The van der Waals surface area contributed by atoms with Gasteiger partial charge >= 0.3 is 0 Å². The molecule has 0 aromatic rings. The third-order valence-electron chi connectivity index (χ3n) is 5.17. The van der Waals surface area contributed by atoms with E-state index in [4.69, 9.17) is 0 Å². The van der Waals surface area contributed by atoms with Crippen LogP contribution in [0, 0.1) is 11.8 Å². The largest absolute Gasteiger partial charge is 0.317 e. The molecule has 120 valence electrons. The predicted octanol–water partition coefficient (Wildman–Crippen LogP) is 3.86. The van der Waals surface area contributed by atoms with Gasteiger partial charge in [-0.3, -0.25) is 0 Å². The number of nitrogens with zero attached hydrogens (tertiary/aromatic N) is 1. The van der Waals surface area contributed by atoms with E-state index in [0.717, 1.165) is 17.9 Å². The maximum Gasteiger partial charge on any atom is 0.0105 e. The van der Waals surface area contributed by atoms with Gasteiger partial charge in [-0.05, 0) is 70.5 Å². The van der Waals surface area contributed by atoms with E-state index in [9.17, 15) is 0 Å². The fourth-order valence-electron chi connectivity index (χ4n) is 3.67. The highest BCUT2D eigenvalue weighted by Crippen LogP contribution is 2.32. The molecule has 0 aliphatic heterocycles. The van der Waals surface area contributed by atoms with Crippen LogP contribution in [0.15, 0.2) is 0 Å². The van der Waals surface area contributed by atoms with Gasteiger partial charge in [-0.1, -0.05) is 19.8 Å². The fourth-order valence-corrected chi connectivity index (χ4v) is 4.25. The average molecular weight is 301 g/mol. The first-order valence-electron chi connectivity index (χ1n) is 8.48. The van der Waals surface area contributed by atoms with E-state index >= 15 is 0 Å². The molecule has 0 spiro atoms. The van der Waals surface area contributed by atoms with Crippen molar-refractivity contribution in [3.63, 3.8) is 0 Å². The molecule has 2 nitrogen and oxygen atoms in total. The van der Waals surface area contributed by atoms with E-state index in [2.05, 4.69) is 44.4 Å². The van der Waals surface area contributed by atoms with Crippen LogP contribution < -0.4 is 5.32 Å². The minimum atomic E-state index is 0.714. The van der Waals surface area contributed by atoms with Gasteiger partial charge in [0.1, 0.15) is 0 Å². The molecule has 0 aromatic carbocycles. The molecule has 0 bridgehead atoms. The second-order valence-electron chi connectivity index (χ2n) is 6.69. The summed E-state index contributed by atoms with van der Waals surface area (Å²) in [5, 5.41) is 3.57. The normalized spacial score (nSPS) is 28.8. The van der Waals surface area contributed by atoms with E-state index in [0.29, 0.717) is 6.04 Å². The second kappa shape index (κ2) is 10.1. The van der Waals surface area contributed by atoms with E-state index in [1.807, 2.05) is 11.8 Å². The van der Waals surface area contributed by atoms with Crippen molar-refractivity contribution in [3.8, 4) is 0 Å². The summed E-state index contributed by atoms with van der Waals surface area (Å²) < 4.78 is 0. The second-order valence-corrected chi connectivity index (χ2v) is 7.68. The molecule has 1 aliphatic carbocycles. The molecule has 0 heterocycles. The lowest BCUT2D eigenvalue weighted by Gasteiger charge is -2.39. The first-order chi connectivity index (χ1) is 9.62. The Labute approximate surface area is 131 Å². The molecule has 3 heteroatoms. The Hall–Kier alpha value is 0.270. The molecule has 1 aliphatic rings. The van der Waals surface area contributed by atoms with Gasteiger partial charge in [-0.25, -0.2) is 0 Å². The molecule has 4 unspecified atom stereocenters. The number of nitrogens with one attached hydrogen (secondary N) is 1. The van der Waals surface area contributed by atoms with Crippen LogP contribution in [-0.4, -0.2) is 49.6 Å². The standard InChI is InChI=1S/C17H36N2S/c1-6-7-15-8-9-17(18-3)16(12-15)13-19(4)14(2)10-11-20-5/h14-18H,6-13H2,1-5H3. The van der Waals surface area contributed by atoms with E-state index in [-0.39, 0.29) is 0 Å². The van der Waals surface area contributed by atoms with Crippen molar-refractivity contribution in [2.75, 3.05) is 32.6 Å². The summed E-state index contributed by atoms with van der Waals surface area (Å²) in [4.78, 5) is 2.60. The van der Waals surface area contributed by atoms with Crippen LogP contribution in [0.5, 0.6) is 0 Å². The van der Waals surface area contributed by atoms with Crippen LogP contribution in [0.4, 0.5) is 0 Å². The van der Waals surface area contributed by atoms with Gasteiger partial charge in [0.25, 0.3) is 0 Å². The Morgan fingerprint density at radius 2 is 2.10 bits per heavy atom. The number of hydrogen-bond donors (Lipinski definition) is 1. The third kappa shape index (κ3) is 5.95. The third-order valence-corrected chi connectivity index (χ3v) is 5.82. The molecule has 1 rings (SSSR count). The average Bonchev–Trinajstić information content (AvgIpc) is 2.45. The molecule has 0 amide bonds. The minimum absolute atomic E-state index is 0.714. The molecule has 1 saturated carbocycles. The van der Waals surface area contributed by atoms with Gasteiger partial charge < -0.3 is 10.2 Å². The number of rotatable bonds is 9. The maximum atomic E-state index is 3.57. The maximum absolute atomic E-state index is 3.57. The summed E-state index contributed by atoms with van der Waals surface area (Å²) in [6, 6.07) is 1.45. The number of thioether (sulfide) groups is 1. The first kappa shape index (κ1) is 18.3. The lowest BCUT2D eigenvalue weighted by atomic mass is 9.76. The van der Waals surface area contributed by atoms with Crippen LogP contribution in [0.2, 0.25) is 0 Å². The van der Waals surface area contributed by atoms with Crippen molar-refractivity contribution in [3.05, 3.63) is 0 Å². The van der Waals surface area contributed by atoms with Crippen LogP contribution >= 0.6 is 11.8 Å². The molecule has 0 radical (unpaired) electrons. The molecule has 1 N–H and O–H groups in total. The van der Waals surface area contributed by atoms with Gasteiger partial charge in [0, 0.05) is 18.6 Å². The Balaban J connectivity index is 2.47.